The van der Waals surface area contributed by atoms with Gasteiger partial charge in [-0.2, -0.15) is 0 Å². The van der Waals surface area contributed by atoms with Crippen molar-refractivity contribution in [3.05, 3.63) is 60.8 Å². The lowest BCUT2D eigenvalue weighted by Gasteiger charge is -2.39. The van der Waals surface area contributed by atoms with Crippen LogP contribution in [0.15, 0.2) is 60.8 Å². The summed E-state index contributed by atoms with van der Waals surface area (Å²) in [6.45, 7) is 4.40. The van der Waals surface area contributed by atoms with Gasteiger partial charge >= 0.3 is 5.97 Å². The molecule has 0 aromatic rings. The first-order valence-electron chi connectivity index (χ1n) is 25.9. The van der Waals surface area contributed by atoms with Crippen molar-refractivity contribution < 1.29 is 44.2 Å². The molecular formula is C54H96O9. The summed E-state index contributed by atoms with van der Waals surface area (Å²) >= 11 is 0. The predicted molar refractivity (Wildman–Crippen MR) is 261 cm³/mol. The van der Waals surface area contributed by atoms with Gasteiger partial charge in [-0.1, -0.05) is 216 Å². The lowest BCUT2D eigenvalue weighted by Crippen LogP contribution is -2.59. The summed E-state index contributed by atoms with van der Waals surface area (Å²) in [4.78, 5) is 12.8. The van der Waals surface area contributed by atoms with E-state index in [1.54, 1.807) is 0 Å². The van der Waals surface area contributed by atoms with Crippen LogP contribution in [0.3, 0.4) is 0 Å². The van der Waals surface area contributed by atoms with Gasteiger partial charge < -0.3 is 39.4 Å². The first-order valence-corrected chi connectivity index (χ1v) is 25.9. The Hall–Kier alpha value is -2.11. The molecule has 9 heteroatoms. The second kappa shape index (κ2) is 45.1. The molecule has 4 N–H and O–H groups in total. The molecule has 0 bridgehead atoms. The molecule has 6 atom stereocenters. The van der Waals surface area contributed by atoms with Crippen molar-refractivity contribution in [1.82, 2.24) is 0 Å². The molecule has 0 aromatic carbocycles. The van der Waals surface area contributed by atoms with Crippen LogP contribution in [0, 0.1) is 0 Å². The molecular weight excluding hydrogens is 793 g/mol. The van der Waals surface area contributed by atoms with Crippen LogP contribution in [-0.2, 0) is 23.7 Å². The number of carbonyl (C=O) groups is 1. The van der Waals surface area contributed by atoms with E-state index in [-0.39, 0.29) is 25.6 Å². The SMILES string of the molecule is CC/C=C\C/C=C\C/C=C\C/C=C\C/C=C\CCCC(=O)OC(COCCCCCCCCCCCCCCCCCCCCCCCCC)COC1OC(CO)C(O)C(O)C1O. The van der Waals surface area contributed by atoms with Gasteiger partial charge in [0.25, 0.3) is 0 Å². The van der Waals surface area contributed by atoms with E-state index >= 15 is 0 Å². The van der Waals surface area contributed by atoms with Gasteiger partial charge in [-0.3, -0.25) is 4.79 Å². The molecule has 6 unspecified atom stereocenters. The Balaban J connectivity index is 2.21. The number of allylic oxidation sites excluding steroid dienone is 10. The van der Waals surface area contributed by atoms with Crippen molar-refractivity contribution in [2.45, 2.75) is 250 Å². The van der Waals surface area contributed by atoms with Crippen LogP contribution in [0.5, 0.6) is 0 Å². The molecule has 0 aliphatic carbocycles. The van der Waals surface area contributed by atoms with Crippen LogP contribution in [0.2, 0.25) is 0 Å². The monoisotopic (exact) mass is 889 g/mol. The number of carbonyl (C=O) groups excluding carboxylic acids is 1. The molecule has 0 spiro atoms. The first-order chi connectivity index (χ1) is 30.9. The van der Waals surface area contributed by atoms with Crippen LogP contribution in [-0.4, -0.2) is 89.6 Å². The smallest absolute Gasteiger partial charge is 0.306 e. The molecule has 1 saturated heterocycles. The minimum Gasteiger partial charge on any atom is -0.457 e. The maximum Gasteiger partial charge on any atom is 0.306 e. The second-order valence-electron chi connectivity index (χ2n) is 17.6. The molecule has 0 aromatic heterocycles. The van der Waals surface area contributed by atoms with Crippen LogP contribution >= 0.6 is 0 Å². The number of hydrogen-bond donors (Lipinski definition) is 4. The molecule has 366 valence electrons. The topological polar surface area (TPSA) is 135 Å². The average molecular weight is 889 g/mol. The maximum absolute atomic E-state index is 12.8. The van der Waals surface area contributed by atoms with Gasteiger partial charge in [0, 0.05) is 13.0 Å². The fraction of sp³-hybridized carbons (Fsp3) is 0.796. The number of aliphatic hydroxyl groups is 4. The van der Waals surface area contributed by atoms with Crippen LogP contribution in [0.25, 0.3) is 0 Å². The number of esters is 1. The normalized spacial score (nSPS) is 20.1. The van der Waals surface area contributed by atoms with Gasteiger partial charge in [0.15, 0.2) is 6.29 Å². The Morgan fingerprint density at radius 1 is 0.524 bits per heavy atom. The molecule has 0 amide bonds. The third-order valence-corrected chi connectivity index (χ3v) is 11.7. The zero-order valence-corrected chi connectivity index (χ0v) is 40.3. The van der Waals surface area contributed by atoms with Gasteiger partial charge in [-0.15, -0.1) is 0 Å². The molecule has 0 saturated carbocycles. The summed E-state index contributed by atoms with van der Waals surface area (Å²) in [5.41, 5.74) is 0. The third kappa shape index (κ3) is 35.8. The Morgan fingerprint density at radius 3 is 1.40 bits per heavy atom. The molecule has 1 rings (SSSR count). The quantitative estimate of drug-likeness (QED) is 0.0268. The minimum atomic E-state index is -1.55. The molecule has 0 radical (unpaired) electrons. The molecule has 9 nitrogen and oxygen atoms in total. The maximum atomic E-state index is 12.8. The van der Waals surface area contributed by atoms with Crippen molar-refractivity contribution in [1.29, 1.82) is 0 Å². The Bertz CT molecular complexity index is 1150. The van der Waals surface area contributed by atoms with Gasteiger partial charge in [0.2, 0.25) is 0 Å². The fourth-order valence-corrected chi connectivity index (χ4v) is 7.71. The van der Waals surface area contributed by atoms with E-state index in [4.69, 9.17) is 18.9 Å². The Labute approximate surface area is 385 Å². The van der Waals surface area contributed by atoms with Crippen molar-refractivity contribution >= 4 is 5.97 Å². The molecule has 1 aliphatic heterocycles. The molecule has 1 fully saturated rings. The van der Waals surface area contributed by atoms with E-state index in [1.807, 2.05) is 0 Å². The summed E-state index contributed by atoms with van der Waals surface area (Å²) in [5.74, 6) is -0.368. The predicted octanol–water partition coefficient (Wildman–Crippen LogP) is 12.6. The van der Waals surface area contributed by atoms with Crippen molar-refractivity contribution in [2.24, 2.45) is 0 Å². The molecule has 63 heavy (non-hydrogen) atoms. The largest absolute Gasteiger partial charge is 0.457 e. The van der Waals surface area contributed by atoms with Crippen LogP contribution < -0.4 is 0 Å². The van der Waals surface area contributed by atoms with Gasteiger partial charge in [-0.05, 0) is 51.4 Å². The summed E-state index contributed by atoms with van der Waals surface area (Å²) in [5, 5.41) is 40.2. The van der Waals surface area contributed by atoms with E-state index in [0.717, 1.165) is 51.4 Å². The lowest BCUT2D eigenvalue weighted by molar-refractivity contribution is -0.305. The van der Waals surface area contributed by atoms with Gasteiger partial charge in [-0.25, -0.2) is 0 Å². The standard InChI is InChI=1S/C54H96O9/c1-3-5-7-9-11-13-15-17-19-21-22-23-24-25-26-28-30-32-34-36-38-40-42-44-60-46-48(47-61-54-53(59)52(58)51(57)49(45-55)63-54)62-50(56)43-41-39-37-35-33-31-29-27-20-18-16-14-12-10-8-6-4-2/h6,8,12,14,18,20,29,31,35,37,48-49,51-55,57-59H,3-5,7,9-11,13,15-17,19,21-28,30,32-34,36,38-47H2,1-2H3/b8-6-,14-12-,20-18-,31-29-,37-35-. The van der Waals surface area contributed by atoms with E-state index < -0.39 is 43.4 Å². The summed E-state index contributed by atoms with van der Waals surface area (Å²) in [6.07, 6.45) is 51.3. The van der Waals surface area contributed by atoms with E-state index in [9.17, 15) is 25.2 Å². The number of hydrogen-bond acceptors (Lipinski definition) is 9. The van der Waals surface area contributed by atoms with Crippen molar-refractivity contribution in [3.63, 3.8) is 0 Å². The lowest BCUT2D eigenvalue weighted by atomic mass is 9.99. The summed E-state index contributed by atoms with van der Waals surface area (Å²) in [7, 11) is 0. The molecule has 1 heterocycles. The van der Waals surface area contributed by atoms with Crippen molar-refractivity contribution in [2.75, 3.05) is 26.4 Å². The van der Waals surface area contributed by atoms with E-state index in [2.05, 4.69) is 74.6 Å². The van der Waals surface area contributed by atoms with Gasteiger partial charge in [0.1, 0.15) is 30.5 Å². The molecule has 1 aliphatic rings. The van der Waals surface area contributed by atoms with E-state index in [0.29, 0.717) is 13.0 Å². The first kappa shape index (κ1) is 58.9. The average Bonchev–Trinajstić information content (AvgIpc) is 3.28. The Kier molecular flexibility index (Phi) is 42.1. The van der Waals surface area contributed by atoms with Gasteiger partial charge in [0.05, 0.1) is 19.8 Å². The number of rotatable bonds is 44. The highest BCUT2D eigenvalue weighted by atomic mass is 16.7. The number of aliphatic hydroxyl groups excluding tert-OH is 4. The van der Waals surface area contributed by atoms with Crippen LogP contribution in [0.1, 0.15) is 213 Å². The summed E-state index contributed by atoms with van der Waals surface area (Å²) in [6, 6.07) is 0. The number of ether oxygens (including phenoxy) is 4. The highest BCUT2D eigenvalue weighted by Gasteiger charge is 2.44. The van der Waals surface area contributed by atoms with Crippen LogP contribution in [0.4, 0.5) is 0 Å². The fourth-order valence-electron chi connectivity index (χ4n) is 7.71. The van der Waals surface area contributed by atoms with Crippen molar-refractivity contribution in [3.8, 4) is 0 Å². The zero-order valence-electron chi connectivity index (χ0n) is 40.3. The minimum absolute atomic E-state index is 0.122. The zero-order chi connectivity index (χ0) is 45.7. The third-order valence-electron chi connectivity index (χ3n) is 11.7. The van der Waals surface area contributed by atoms with E-state index in [1.165, 1.54) is 135 Å². The highest BCUT2D eigenvalue weighted by Crippen LogP contribution is 2.23. The second-order valence-corrected chi connectivity index (χ2v) is 17.6. The number of unbranched alkanes of at least 4 members (excludes halogenated alkanes) is 23. The highest BCUT2D eigenvalue weighted by molar-refractivity contribution is 5.69. The summed E-state index contributed by atoms with van der Waals surface area (Å²) < 4.78 is 22.8. The Morgan fingerprint density at radius 2 is 0.952 bits per heavy atom.